The number of aromatic nitrogens is 1. The first-order valence-corrected chi connectivity index (χ1v) is 6.87. The van der Waals surface area contributed by atoms with Crippen LogP contribution in [0.1, 0.15) is 5.56 Å². The summed E-state index contributed by atoms with van der Waals surface area (Å²) in [6, 6.07) is 16.1. The number of hydrogen-bond donors (Lipinski definition) is 0. The second-order valence-electron chi connectivity index (χ2n) is 4.76. The van der Waals surface area contributed by atoms with Crippen LogP contribution in [0.5, 0.6) is 5.75 Å². The van der Waals surface area contributed by atoms with Crippen molar-refractivity contribution in [3.8, 4) is 11.4 Å². The third-order valence-electron chi connectivity index (χ3n) is 3.29. The Bertz CT molecular complexity index is 791. The van der Waals surface area contributed by atoms with Crippen LogP contribution >= 0.6 is 0 Å². The van der Waals surface area contributed by atoms with Crippen LogP contribution < -0.4 is 4.74 Å². The van der Waals surface area contributed by atoms with E-state index in [2.05, 4.69) is 4.99 Å². The molecule has 3 aromatic rings. The Hall–Kier alpha value is -2.88. The molecule has 110 valence electrons. The van der Waals surface area contributed by atoms with Crippen LogP contribution in [-0.2, 0) is 0 Å². The lowest BCUT2D eigenvalue weighted by Gasteiger charge is -2.04. The molecule has 0 spiro atoms. The second kappa shape index (κ2) is 6.26. The highest BCUT2D eigenvalue weighted by molar-refractivity contribution is 5.81. The number of benzene rings is 2. The van der Waals surface area contributed by atoms with Gasteiger partial charge < -0.3 is 9.30 Å². The summed E-state index contributed by atoms with van der Waals surface area (Å²) in [4.78, 5) is 4.18. The summed E-state index contributed by atoms with van der Waals surface area (Å²) in [5.41, 5.74) is 2.25. The van der Waals surface area contributed by atoms with Gasteiger partial charge in [0.05, 0.1) is 12.8 Å². The minimum atomic E-state index is -0.326. The minimum absolute atomic E-state index is 0.326. The second-order valence-corrected chi connectivity index (χ2v) is 4.76. The maximum atomic E-state index is 13.5. The number of para-hydroxylation sites is 1. The van der Waals surface area contributed by atoms with Crippen molar-refractivity contribution in [3.05, 3.63) is 78.4 Å². The van der Waals surface area contributed by atoms with Gasteiger partial charge >= 0.3 is 0 Å². The highest BCUT2D eigenvalue weighted by atomic mass is 19.1. The van der Waals surface area contributed by atoms with Gasteiger partial charge in [-0.15, -0.1) is 0 Å². The van der Waals surface area contributed by atoms with Crippen molar-refractivity contribution in [1.29, 1.82) is 0 Å². The Morgan fingerprint density at radius 3 is 2.55 bits per heavy atom. The molecule has 3 nitrogen and oxygen atoms in total. The van der Waals surface area contributed by atoms with Crippen LogP contribution in [0, 0.1) is 5.82 Å². The highest BCUT2D eigenvalue weighted by Crippen LogP contribution is 2.18. The van der Waals surface area contributed by atoms with Crippen molar-refractivity contribution in [2.75, 3.05) is 7.11 Å². The summed E-state index contributed by atoms with van der Waals surface area (Å²) in [5.74, 6) is 0.491. The van der Waals surface area contributed by atoms with Crippen LogP contribution in [0.3, 0.4) is 0 Å². The fraction of sp³-hybridized carbons (Fsp3) is 0.0556. The zero-order valence-corrected chi connectivity index (χ0v) is 12.1. The normalized spacial score (nSPS) is 11.0. The molecular weight excluding hydrogens is 279 g/mol. The first-order valence-electron chi connectivity index (χ1n) is 6.87. The summed E-state index contributed by atoms with van der Waals surface area (Å²) >= 11 is 0. The molecule has 0 saturated heterocycles. The Labute approximate surface area is 128 Å². The van der Waals surface area contributed by atoms with E-state index < -0.39 is 0 Å². The number of halogens is 1. The number of hydrogen-bond acceptors (Lipinski definition) is 2. The summed E-state index contributed by atoms with van der Waals surface area (Å²) in [6.45, 7) is 0. The molecule has 0 fully saturated rings. The van der Waals surface area contributed by atoms with E-state index in [9.17, 15) is 4.39 Å². The van der Waals surface area contributed by atoms with E-state index in [-0.39, 0.29) is 5.82 Å². The Balaban J connectivity index is 1.80. The van der Waals surface area contributed by atoms with Crippen molar-refractivity contribution in [1.82, 2.24) is 4.57 Å². The van der Waals surface area contributed by atoms with E-state index in [0.29, 0.717) is 5.69 Å². The fourth-order valence-electron chi connectivity index (χ4n) is 2.10. The SMILES string of the molecule is COc1ccc(-n2ccc(C=Nc3ccccc3F)c2)cc1. The van der Waals surface area contributed by atoms with Crippen molar-refractivity contribution >= 4 is 11.9 Å². The lowest BCUT2D eigenvalue weighted by molar-refractivity contribution is 0.415. The number of nitrogens with zero attached hydrogens (tertiary/aromatic N) is 2. The first-order chi connectivity index (χ1) is 10.8. The summed E-state index contributed by atoms with van der Waals surface area (Å²) in [5, 5.41) is 0. The largest absolute Gasteiger partial charge is 0.497 e. The quantitative estimate of drug-likeness (QED) is 0.656. The van der Waals surface area contributed by atoms with Gasteiger partial charge in [0.1, 0.15) is 11.6 Å². The molecule has 2 aromatic carbocycles. The predicted molar refractivity (Wildman–Crippen MR) is 86.0 cm³/mol. The molecule has 0 amide bonds. The molecule has 1 heterocycles. The number of rotatable bonds is 4. The summed E-state index contributed by atoms with van der Waals surface area (Å²) in [6.07, 6.45) is 5.52. The molecule has 0 atom stereocenters. The fourth-order valence-corrected chi connectivity index (χ4v) is 2.10. The van der Waals surface area contributed by atoms with Gasteiger partial charge in [-0.25, -0.2) is 4.39 Å². The lowest BCUT2D eigenvalue weighted by Crippen LogP contribution is -1.90. The molecule has 0 unspecified atom stereocenters. The van der Waals surface area contributed by atoms with Crippen molar-refractivity contribution < 1.29 is 9.13 Å². The standard InChI is InChI=1S/C18H15FN2O/c1-22-16-8-6-15(7-9-16)21-11-10-14(13-21)12-20-18-5-3-2-4-17(18)19/h2-13H,1H3. The van der Waals surface area contributed by atoms with E-state index in [0.717, 1.165) is 17.0 Å². The van der Waals surface area contributed by atoms with Crippen LogP contribution in [0.4, 0.5) is 10.1 Å². The number of methoxy groups -OCH3 is 1. The van der Waals surface area contributed by atoms with Crippen molar-refractivity contribution in [2.45, 2.75) is 0 Å². The third-order valence-corrected chi connectivity index (χ3v) is 3.29. The van der Waals surface area contributed by atoms with E-state index in [1.165, 1.54) is 6.07 Å². The van der Waals surface area contributed by atoms with Gasteiger partial charge in [0.2, 0.25) is 0 Å². The van der Waals surface area contributed by atoms with Gasteiger partial charge in [0.25, 0.3) is 0 Å². The first kappa shape index (κ1) is 14.1. The molecule has 0 bridgehead atoms. The van der Waals surface area contributed by atoms with Crippen molar-refractivity contribution in [3.63, 3.8) is 0 Å². The molecule has 22 heavy (non-hydrogen) atoms. The molecule has 4 heteroatoms. The van der Waals surface area contributed by atoms with Gasteiger partial charge in [0, 0.05) is 29.9 Å². The van der Waals surface area contributed by atoms with Crippen LogP contribution in [-0.4, -0.2) is 17.9 Å². The predicted octanol–water partition coefficient (Wildman–Crippen LogP) is 4.38. The summed E-state index contributed by atoms with van der Waals surface area (Å²) < 4.78 is 20.6. The molecule has 0 N–H and O–H groups in total. The molecular formula is C18H15FN2O. The monoisotopic (exact) mass is 294 g/mol. The van der Waals surface area contributed by atoms with E-state index >= 15 is 0 Å². The summed E-state index contributed by atoms with van der Waals surface area (Å²) in [7, 11) is 1.64. The van der Waals surface area contributed by atoms with E-state index in [1.807, 2.05) is 47.3 Å². The Morgan fingerprint density at radius 2 is 1.82 bits per heavy atom. The smallest absolute Gasteiger partial charge is 0.148 e. The van der Waals surface area contributed by atoms with E-state index in [4.69, 9.17) is 4.74 Å². The van der Waals surface area contributed by atoms with Crippen molar-refractivity contribution in [2.24, 2.45) is 4.99 Å². The molecule has 3 rings (SSSR count). The van der Waals surface area contributed by atoms with Gasteiger partial charge in [-0.05, 0) is 42.5 Å². The highest BCUT2D eigenvalue weighted by Gasteiger charge is 2.00. The van der Waals surface area contributed by atoms with E-state index in [1.54, 1.807) is 31.5 Å². The van der Waals surface area contributed by atoms with Gasteiger partial charge in [-0.3, -0.25) is 4.99 Å². The zero-order valence-electron chi connectivity index (χ0n) is 12.1. The maximum Gasteiger partial charge on any atom is 0.148 e. The molecule has 0 radical (unpaired) electrons. The minimum Gasteiger partial charge on any atom is -0.497 e. The van der Waals surface area contributed by atoms with Gasteiger partial charge in [0.15, 0.2) is 0 Å². The molecule has 0 aliphatic rings. The van der Waals surface area contributed by atoms with Gasteiger partial charge in [-0.2, -0.15) is 0 Å². The third kappa shape index (κ3) is 3.06. The number of ether oxygens (including phenoxy) is 1. The molecule has 0 saturated carbocycles. The molecule has 1 aromatic heterocycles. The topological polar surface area (TPSA) is 26.5 Å². The molecule has 0 aliphatic heterocycles. The van der Waals surface area contributed by atoms with Crippen LogP contribution in [0.2, 0.25) is 0 Å². The van der Waals surface area contributed by atoms with Crippen LogP contribution in [0.15, 0.2) is 72.0 Å². The Morgan fingerprint density at radius 1 is 1.05 bits per heavy atom. The lowest BCUT2D eigenvalue weighted by atomic mass is 10.3. The average Bonchev–Trinajstić information content (AvgIpc) is 3.03. The molecule has 0 aliphatic carbocycles. The average molecular weight is 294 g/mol. The Kier molecular flexibility index (Phi) is 4.01. The van der Waals surface area contributed by atoms with Gasteiger partial charge in [-0.1, -0.05) is 12.1 Å². The maximum absolute atomic E-state index is 13.5. The zero-order chi connectivity index (χ0) is 15.4. The number of aliphatic imine (C=N–C) groups is 1. The van der Waals surface area contributed by atoms with Crippen LogP contribution in [0.25, 0.3) is 5.69 Å².